The van der Waals surface area contributed by atoms with Crippen LogP contribution in [0.1, 0.15) is 17.5 Å². The molecule has 0 bridgehead atoms. The molecule has 7 nitrogen and oxygen atoms in total. The molecule has 0 aliphatic rings. The van der Waals surface area contributed by atoms with Crippen molar-refractivity contribution < 1.29 is 4.79 Å². The molecule has 2 aromatic heterocycles. The van der Waals surface area contributed by atoms with Crippen molar-refractivity contribution in [3.63, 3.8) is 0 Å². The van der Waals surface area contributed by atoms with Crippen LogP contribution < -0.4 is 10.9 Å². The molecule has 1 N–H and O–H groups in total. The molecule has 0 spiro atoms. The Labute approximate surface area is 138 Å². The third kappa shape index (κ3) is 3.05. The van der Waals surface area contributed by atoms with Gasteiger partial charge in [0, 0.05) is 25.7 Å². The molecular weight excluding hydrogens is 306 g/mol. The molecule has 124 valence electrons. The first-order chi connectivity index (χ1) is 11.5. The van der Waals surface area contributed by atoms with Gasteiger partial charge in [-0.05, 0) is 25.5 Å². The van der Waals surface area contributed by atoms with Crippen molar-refractivity contribution in [2.24, 2.45) is 7.05 Å². The second kappa shape index (κ2) is 6.27. The van der Waals surface area contributed by atoms with Crippen LogP contribution >= 0.6 is 0 Å². The van der Waals surface area contributed by atoms with Gasteiger partial charge in [0.05, 0.1) is 12.5 Å². The molecule has 0 aliphatic heterocycles. The molecule has 0 aliphatic carbocycles. The number of aryl methyl sites for hydroxylation is 4. The van der Waals surface area contributed by atoms with E-state index >= 15 is 0 Å². The van der Waals surface area contributed by atoms with E-state index < -0.39 is 0 Å². The van der Waals surface area contributed by atoms with Gasteiger partial charge in [-0.3, -0.25) is 18.8 Å². The molecule has 3 rings (SSSR count). The molecule has 1 aromatic carbocycles. The first kappa shape index (κ1) is 15.9. The Bertz CT molecular complexity index is 971. The molecule has 24 heavy (non-hydrogen) atoms. The molecule has 0 unspecified atom stereocenters. The maximum absolute atomic E-state index is 12.3. The van der Waals surface area contributed by atoms with Crippen LogP contribution in [-0.2, 0) is 18.4 Å². The predicted molar refractivity (Wildman–Crippen MR) is 91.9 cm³/mol. The molecule has 2 heterocycles. The number of anilines is 1. The maximum Gasteiger partial charge on any atom is 0.264 e. The van der Waals surface area contributed by atoms with Crippen molar-refractivity contribution in [2.75, 3.05) is 5.32 Å². The summed E-state index contributed by atoms with van der Waals surface area (Å²) in [4.78, 5) is 28.7. The van der Waals surface area contributed by atoms with E-state index in [9.17, 15) is 9.59 Å². The topological polar surface area (TPSA) is 81.8 Å². The van der Waals surface area contributed by atoms with E-state index in [1.165, 1.54) is 17.1 Å². The number of fused-ring (bicyclic) bond motifs is 1. The third-order valence-electron chi connectivity index (χ3n) is 3.95. The second-order valence-electron chi connectivity index (χ2n) is 5.87. The van der Waals surface area contributed by atoms with Crippen LogP contribution in [0.4, 0.5) is 5.69 Å². The van der Waals surface area contributed by atoms with E-state index in [2.05, 4.69) is 15.4 Å². The average Bonchev–Trinajstić information content (AvgIpc) is 2.92. The summed E-state index contributed by atoms with van der Waals surface area (Å²) in [5.74, 6) is -0.139. The smallest absolute Gasteiger partial charge is 0.264 e. The van der Waals surface area contributed by atoms with Crippen molar-refractivity contribution >= 4 is 22.6 Å². The lowest BCUT2D eigenvalue weighted by Gasteiger charge is -2.10. The van der Waals surface area contributed by atoms with Crippen LogP contribution in [0.25, 0.3) is 11.0 Å². The van der Waals surface area contributed by atoms with E-state index in [1.54, 1.807) is 11.7 Å². The van der Waals surface area contributed by atoms with Gasteiger partial charge in [0.2, 0.25) is 5.91 Å². The zero-order chi connectivity index (χ0) is 17.3. The highest BCUT2D eigenvalue weighted by Gasteiger charge is 2.10. The second-order valence-corrected chi connectivity index (χ2v) is 5.87. The summed E-state index contributed by atoms with van der Waals surface area (Å²) in [5, 5.41) is 7.36. The standard InChI is InChI=1S/C17H19N5O2/c1-11-4-5-14(12(2)8-11)20-15(23)6-7-22-10-18-16-13(17(22)24)9-19-21(16)3/h4-5,8-10H,6-7H2,1-3H3,(H,20,23). The lowest BCUT2D eigenvalue weighted by molar-refractivity contribution is -0.116. The molecule has 0 atom stereocenters. The van der Waals surface area contributed by atoms with Crippen LogP contribution in [0.15, 0.2) is 35.5 Å². The summed E-state index contributed by atoms with van der Waals surface area (Å²) in [5.41, 5.74) is 3.30. The Kier molecular flexibility index (Phi) is 4.16. The highest BCUT2D eigenvalue weighted by molar-refractivity contribution is 5.91. The zero-order valence-corrected chi connectivity index (χ0v) is 13.9. The predicted octanol–water partition coefficient (Wildman–Crippen LogP) is 1.78. The van der Waals surface area contributed by atoms with Gasteiger partial charge in [-0.25, -0.2) is 4.98 Å². The van der Waals surface area contributed by atoms with E-state index in [0.717, 1.165) is 16.8 Å². The van der Waals surface area contributed by atoms with Crippen molar-refractivity contribution in [2.45, 2.75) is 26.8 Å². The maximum atomic E-state index is 12.3. The lowest BCUT2D eigenvalue weighted by atomic mass is 10.1. The minimum Gasteiger partial charge on any atom is -0.326 e. The van der Waals surface area contributed by atoms with Crippen molar-refractivity contribution in [3.05, 3.63) is 52.2 Å². The number of carbonyl (C=O) groups is 1. The number of aromatic nitrogens is 4. The van der Waals surface area contributed by atoms with E-state index in [-0.39, 0.29) is 24.4 Å². The number of nitrogens with zero attached hydrogens (tertiary/aromatic N) is 4. The zero-order valence-electron chi connectivity index (χ0n) is 13.9. The Morgan fingerprint density at radius 3 is 2.83 bits per heavy atom. The van der Waals surface area contributed by atoms with E-state index in [0.29, 0.717) is 11.0 Å². The molecular formula is C17H19N5O2. The van der Waals surface area contributed by atoms with Gasteiger partial charge in [-0.1, -0.05) is 17.7 Å². The molecule has 0 saturated carbocycles. The summed E-state index contributed by atoms with van der Waals surface area (Å²) in [6.45, 7) is 4.23. The Morgan fingerprint density at radius 2 is 2.08 bits per heavy atom. The fourth-order valence-electron chi connectivity index (χ4n) is 2.61. The number of hydrogen-bond acceptors (Lipinski definition) is 4. The number of nitrogens with one attached hydrogen (secondary N) is 1. The van der Waals surface area contributed by atoms with Crippen LogP contribution in [-0.4, -0.2) is 25.2 Å². The van der Waals surface area contributed by atoms with Crippen LogP contribution in [0.2, 0.25) is 0 Å². The van der Waals surface area contributed by atoms with Gasteiger partial charge in [0.15, 0.2) is 5.65 Å². The SMILES string of the molecule is Cc1ccc(NC(=O)CCn2cnc3c(cnn3C)c2=O)c(C)c1. The highest BCUT2D eigenvalue weighted by atomic mass is 16.2. The van der Waals surface area contributed by atoms with Gasteiger partial charge in [0.1, 0.15) is 5.39 Å². The van der Waals surface area contributed by atoms with Crippen molar-refractivity contribution in [3.8, 4) is 0 Å². The summed E-state index contributed by atoms with van der Waals surface area (Å²) >= 11 is 0. The quantitative estimate of drug-likeness (QED) is 0.792. The van der Waals surface area contributed by atoms with Gasteiger partial charge < -0.3 is 5.32 Å². The lowest BCUT2D eigenvalue weighted by Crippen LogP contribution is -2.23. The minimum atomic E-state index is -0.188. The van der Waals surface area contributed by atoms with Crippen LogP contribution in [0.5, 0.6) is 0 Å². The number of rotatable bonds is 4. The fraction of sp³-hybridized carbons (Fsp3) is 0.294. The van der Waals surface area contributed by atoms with Gasteiger partial charge >= 0.3 is 0 Å². The summed E-state index contributed by atoms with van der Waals surface area (Å²) in [6.07, 6.45) is 3.15. The third-order valence-corrected chi connectivity index (χ3v) is 3.95. The number of carbonyl (C=O) groups excluding carboxylic acids is 1. The molecule has 3 aromatic rings. The van der Waals surface area contributed by atoms with Gasteiger partial charge in [0.25, 0.3) is 5.56 Å². The number of benzene rings is 1. The van der Waals surface area contributed by atoms with Crippen molar-refractivity contribution in [1.82, 2.24) is 19.3 Å². The monoisotopic (exact) mass is 325 g/mol. The molecule has 0 saturated heterocycles. The van der Waals surface area contributed by atoms with Gasteiger partial charge in [-0.15, -0.1) is 0 Å². The van der Waals surface area contributed by atoms with Crippen LogP contribution in [0, 0.1) is 13.8 Å². The first-order valence-corrected chi connectivity index (χ1v) is 7.70. The number of amides is 1. The Hall–Kier alpha value is -2.96. The Morgan fingerprint density at radius 1 is 1.29 bits per heavy atom. The normalized spacial score (nSPS) is 11.0. The van der Waals surface area contributed by atoms with Gasteiger partial charge in [-0.2, -0.15) is 5.10 Å². The molecule has 0 fully saturated rings. The molecule has 0 radical (unpaired) electrons. The summed E-state index contributed by atoms with van der Waals surface area (Å²) in [6, 6.07) is 5.85. The van der Waals surface area contributed by atoms with E-state index in [1.807, 2.05) is 32.0 Å². The van der Waals surface area contributed by atoms with Crippen molar-refractivity contribution in [1.29, 1.82) is 0 Å². The molecule has 1 amide bonds. The first-order valence-electron chi connectivity index (χ1n) is 7.70. The largest absolute Gasteiger partial charge is 0.326 e. The fourth-order valence-corrected chi connectivity index (χ4v) is 2.61. The highest BCUT2D eigenvalue weighted by Crippen LogP contribution is 2.16. The molecule has 7 heteroatoms. The number of hydrogen-bond donors (Lipinski definition) is 1. The summed E-state index contributed by atoms with van der Waals surface area (Å²) in [7, 11) is 1.73. The summed E-state index contributed by atoms with van der Waals surface area (Å²) < 4.78 is 2.99. The van der Waals surface area contributed by atoms with E-state index in [4.69, 9.17) is 0 Å². The minimum absolute atomic E-state index is 0.139. The Balaban J connectivity index is 1.70. The average molecular weight is 325 g/mol. The van der Waals surface area contributed by atoms with Crippen LogP contribution in [0.3, 0.4) is 0 Å².